The molecule has 0 atom stereocenters. The maximum absolute atomic E-state index is 4.33. The standard InChI is InChI=1S/C20H18N2/c1-3-7-17(8-4-1)20(18-9-5-2-6-10-18)22-14-12-16-11-13-21-15-19(16)22/h1-11,13,15,20H,12,14H2. The van der Waals surface area contributed by atoms with Gasteiger partial charge >= 0.3 is 0 Å². The van der Waals surface area contributed by atoms with E-state index in [4.69, 9.17) is 0 Å². The fraction of sp³-hybridized carbons (Fsp3) is 0.150. The van der Waals surface area contributed by atoms with E-state index in [1.54, 1.807) is 0 Å². The Balaban J connectivity index is 1.83. The second-order valence-corrected chi connectivity index (χ2v) is 5.67. The van der Waals surface area contributed by atoms with Gasteiger partial charge in [-0.2, -0.15) is 0 Å². The van der Waals surface area contributed by atoms with Crippen LogP contribution < -0.4 is 4.90 Å². The molecule has 108 valence electrons. The third-order valence-corrected chi connectivity index (χ3v) is 4.36. The maximum atomic E-state index is 4.33. The van der Waals surface area contributed by atoms with Crippen molar-refractivity contribution in [2.45, 2.75) is 12.5 Å². The molecule has 2 heterocycles. The first kappa shape index (κ1) is 13.1. The molecule has 1 aliphatic rings. The van der Waals surface area contributed by atoms with Crippen LogP contribution in [-0.2, 0) is 6.42 Å². The number of pyridine rings is 1. The molecule has 2 nitrogen and oxygen atoms in total. The molecule has 0 aliphatic carbocycles. The third-order valence-electron chi connectivity index (χ3n) is 4.36. The Morgan fingerprint density at radius 1 is 0.818 bits per heavy atom. The van der Waals surface area contributed by atoms with Crippen molar-refractivity contribution in [3.8, 4) is 0 Å². The Bertz CT molecular complexity index is 713. The Morgan fingerprint density at radius 2 is 1.45 bits per heavy atom. The summed E-state index contributed by atoms with van der Waals surface area (Å²) in [6.07, 6.45) is 4.98. The number of hydrogen-bond acceptors (Lipinski definition) is 2. The summed E-state index contributed by atoms with van der Waals surface area (Å²) in [7, 11) is 0. The van der Waals surface area contributed by atoms with Crippen LogP contribution in [0, 0.1) is 0 Å². The summed E-state index contributed by atoms with van der Waals surface area (Å²) in [4.78, 5) is 6.81. The van der Waals surface area contributed by atoms with Gasteiger partial charge in [0.25, 0.3) is 0 Å². The van der Waals surface area contributed by atoms with E-state index in [0.717, 1.165) is 13.0 Å². The topological polar surface area (TPSA) is 16.1 Å². The molecule has 1 aliphatic heterocycles. The molecular formula is C20H18N2. The summed E-state index contributed by atoms with van der Waals surface area (Å²) in [5, 5.41) is 0. The van der Waals surface area contributed by atoms with E-state index in [9.17, 15) is 0 Å². The van der Waals surface area contributed by atoms with E-state index in [0.29, 0.717) is 0 Å². The first-order valence-corrected chi connectivity index (χ1v) is 7.73. The Hall–Kier alpha value is -2.61. The summed E-state index contributed by atoms with van der Waals surface area (Å²) in [5.41, 5.74) is 5.31. The summed E-state index contributed by atoms with van der Waals surface area (Å²) in [5.74, 6) is 0. The van der Waals surface area contributed by atoms with Crippen LogP contribution >= 0.6 is 0 Å². The van der Waals surface area contributed by atoms with Crippen molar-refractivity contribution in [2.24, 2.45) is 0 Å². The molecule has 0 saturated carbocycles. The van der Waals surface area contributed by atoms with E-state index in [-0.39, 0.29) is 6.04 Å². The Kier molecular flexibility index (Phi) is 3.36. The van der Waals surface area contributed by atoms with Gasteiger partial charge in [-0.05, 0) is 29.2 Å². The Morgan fingerprint density at radius 3 is 2.09 bits per heavy atom. The van der Waals surface area contributed by atoms with Crippen molar-refractivity contribution in [1.29, 1.82) is 0 Å². The third kappa shape index (κ3) is 2.27. The zero-order chi connectivity index (χ0) is 14.8. The van der Waals surface area contributed by atoms with Crippen molar-refractivity contribution in [3.63, 3.8) is 0 Å². The van der Waals surface area contributed by atoms with Crippen LogP contribution in [0.5, 0.6) is 0 Å². The van der Waals surface area contributed by atoms with Gasteiger partial charge < -0.3 is 4.90 Å². The van der Waals surface area contributed by atoms with Gasteiger partial charge in [0.05, 0.1) is 17.9 Å². The van der Waals surface area contributed by atoms with Gasteiger partial charge in [-0.1, -0.05) is 60.7 Å². The zero-order valence-corrected chi connectivity index (χ0v) is 12.4. The van der Waals surface area contributed by atoms with Crippen molar-refractivity contribution in [1.82, 2.24) is 4.98 Å². The lowest BCUT2D eigenvalue weighted by molar-refractivity contribution is 0.731. The normalized spacial score (nSPS) is 13.4. The second-order valence-electron chi connectivity index (χ2n) is 5.67. The van der Waals surface area contributed by atoms with Crippen molar-refractivity contribution in [3.05, 3.63) is 95.8 Å². The number of rotatable bonds is 3. The predicted octanol–water partition coefficient (Wildman–Crippen LogP) is 4.23. The zero-order valence-electron chi connectivity index (χ0n) is 12.4. The number of anilines is 1. The quantitative estimate of drug-likeness (QED) is 0.716. The van der Waals surface area contributed by atoms with E-state index >= 15 is 0 Å². The predicted molar refractivity (Wildman–Crippen MR) is 90.0 cm³/mol. The minimum atomic E-state index is 0.243. The fourth-order valence-corrected chi connectivity index (χ4v) is 3.34. The van der Waals surface area contributed by atoms with Crippen molar-refractivity contribution >= 4 is 5.69 Å². The molecule has 0 spiro atoms. The van der Waals surface area contributed by atoms with Gasteiger partial charge in [-0.3, -0.25) is 4.98 Å². The lowest BCUT2D eigenvalue weighted by atomic mass is 9.97. The van der Waals surface area contributed by atoms with Crippen LogP contribution in [0.25, 0.3) is 0 Å². The largest absolute Gasteiger partial charge is 0.359 e. The Labute approximate surface area is 131 Å². The molecule has 2 aromatic carbocycles. The minimum Gasteiger partial charge on any atom is -0.359 e. The highest BCUT2D eigenvalue weighted by atomic mass is 15.2. The molecule has 0 amide bonds. The summed E-state index contributed by atoms with van der Waals surface area (Å²) < 4.78 is 0. The van der Waals surface area contributed by atoms with E-state index in [1.807, 2.05) is 12.4 Å². The molecular weight excluding hydrogens is 268 g/mol. The molecule has 3 aromatic rings. The SMILES string of the molecule is c1ccc(C(c2ccccc2)N2CCc3ccncc32)cc1. The monoisotopic (exact) mass is 286 g/mol. The van der Waals surface area contributed by atoms with Gasteiger partial charge in [0.15, 0.2) is 0 Å². The lowest BCUT2D eigenvalue weighted by Gasteiger charge is -2.31. The minimum absolute atomic E-state index is 0.243. The van der Waals surface area contributed by atoms with Crippen LogP contribution in [0.3, 0.4) is 0 Å². The van der Waals surface area contributed by atoms with Gasteiger partial charge in [0, 0.05) is 12.7 Å². The summed E-state index contributed by atoms with van der Waals surface area (Å²) in [6.45, 7) is 1.04. The highest BCUT2D eigenvalue weighted by molar-refractivity contribution is 5.60. The van der Waals surface area contributed by atoms with E-state index < -0.39 is 0 Å². The average molecular weight is 286 g/mol. The molecule has 4 rings (SSSR count). The first-order valence-electron chi connectivity index (χ1n) is 7.73. The molecule has 22 heavy (non-hydrogen) atoms. The van der Waals surface area contributed by atoms with Crippen LogP contribution in [0.15, 0.2) is 79.1 Å². The smallest absolute Gasteiger partial charge is 0.0796 e. The van der Waals surface area contributed by atoms with Crippen LogP contribution in [0.2, 0.25) is 0 Å². The number of aromatic nitrogens is 1. The van der Waals surface area contributed by atoms with Gasteiger partial charge in [0.1, 0.15) is 0 Å². The van der Waals surface area contributed by atoms with Crippen LogP contribution in [0.4, 0.5) is 5.69 Å². The second kappa shape index (κ2) is 5.64. The van der Waals surface area contributed by atoms with Crippen molar-refractivity contribution < 1.29 is 0 Å². The van der Waals surface area contributed by atoms with E-state index in [2.05, 4.69) is 76.6 Å². The molecule has 0 N–H and O–H groups in total. The van der Waals surface area contributed by atoms with Crippen molar-refractivity contribution in [2.75, 3.05) is 11.4 Å². The van der Waals surface area contributed by atoms with Gasteiger partial charge in [0.2, 0.25) is 0 Å². The number of nitrogens with zero attached hydrogens (tertiary/aromatic N) is 2. The molecule has 0 radical (unpaired) electrons. The highest BCUT2D eigenvalue weighted by Gasteiger charge is 2.28. The highest BCUT2D eigenvalue weighted by Crippen LogP contribution is 2.37. The number of benzene rings is 2. The summed E-state index contributed by atoms with van der Waals surface area (Å²) >= 11 is 0. The number of hydrogen-bond donors (Lipinski definition) is 0. The number of fused-ring (bicyclic) bond motifs is 1. The lowest BCUT2D eigenvalue weighted by Crippen LogP contribution is -2.27. The van der Waals surface area contributed by atoms with Gasteiger partial charge in [-0.25, -0.2) is 0 Å². The molecule has 0 saturated heterocycles. The molecule has 0 unspecified atom stereocenters. The average Bonchev–Trinajstić information content (AvgIpc) is 3.01. The molecule has 0 fully saturated rings. The molecule has 2 heteroatoms. The van der Waals surface area contributed by atoms with Crippen LogP contribution in [0.1, 0.15) is 22.7 Å². The summed E-state index contributed by atoms with van der Waals surface area (Å²) in [6, 6.07) is 23.9. The first-order chi connectivity index (χ1) is 10.9. The molecule has 0 bridgehead atoms. The fourth-order valence-electron chi connectivity index (χ4n) is 3.34. The van der Waals surface area contributed by atoms with Gasteiger partial charge in [-0.15, -0.1) is 0 Å². The molecule has 1 aromatic heterocycles. The van der Waals surface area contributed by atoms with E-state index in [1.165, 1.54) is 22.4 Å². The van der Waals surface area contributed by atoms with Crippen LogP contribution in [-0.4, -0.2) is 11.5 Å². The maximum Gasteiger partial charge on any atom is 0.0796 e.